The molecule has 0 aromatic heterocycles. The minimum atomic E-state index is -1.60. The predicted octanol–water partition coefficient (Wildman–Crippen LogP) is 1.27. The molecule has 108 valence electrons. The minimum Gasteiger partial charge on any atom is -0.423 e. The molecule has 1 saturated heterocycles. The summed E-state index contributed by atoms with van der Waals surface area (Å²) in [4.78, 5) is 2.40. The molecule has 1 aromatic rings. The molecule has 2 atom stereocenters. The molecule has 2 N–H and O–H groups in total. The van der Waals surface area contributed by atoms with Crippen molar-refractivity contribution in [2.24, 2.45) is 5.92 Å². The third-order valence-corrected chi connectivity index (χ3v) is 4.87. The van der Waals surface area contributed by atoms with E-state index in [9.17, 15) is 4.39 Å². The summed E-state index contributed by atoms with van der Waals surface area (Å²) >= 11 is 0. The highest BCUT2D eigenvalue weighted by atomic mass is 19.1. The Morgan fingerprint density at radius 3 is 2.75 bits per heavy atom. The van der Waals surface area contributed by atoms with Crippen LogP contribution in [0.4, 0.5) is 4.39 Å². The summed E-state index contributed by atoms with van der Waals surface area (Å²) in [5.74, 6) is 0.459. The number of nitrogens with zero attached hydrogens (tertiary/aromatic N) is 1. The monoisotopic (exact) mass is 277 g/mol. The quantitative estimate of drug-likeness (QED) is 0.818. The van der Waals surface area contributed by atoms with E-state index in [1.165, 1.54) is 38.2 Å². The second-order valence-corrected chi connectivity index (χ2v) is 6.10. The Hall–Kier alpha value is -0.905. The van der Waals surface area contributed by atoms with Crippen LogP contribution in [-0.4, -0.2) is 34.7 Å². The normalized spacial score (nSPS) is 26.6. The number of hydrogen-bond acceptors (Lipinski definition) is 3. The molecule has 2 unspecified atom stereocenters. The summed E-state index contributed by atoms with van der Waals surface area (Å²) in [6.07, 6.45) is 6.42. The van der Waals surface area contributed by atoms with Gasteiger partial charge in [-0.2, -0.15) is 0 Å². The van der Waals surface area contributed by atoms with Gasteiger partial charge in [-0.1, -0.05) is 25.0 Å². The van der Waals surface area contributed by atoms with Gasteiger partial charge >= 0.3 is 7.12 Å². The lowest BCUT2D eigenvalue weighted by Gasteiger charge is -2.31. The molecule has 1 aromatic carbocycles. The SMILES string of the molecule is OB(O)c1ccc(CN2CCC3CCCCC32)c(F)c1. The zero-order valence-electron chi connectivity index (χ0n) is 11.6. The topological polar surface area (TPSA) is 43.7 Å². The maximum atomic E-state index is 14.0. The fraction of sp³-hybridized carbons (Fsp3) is 0.600. The van der Waals surface area contributed by atoms with E-state index in [2.05, 4.69) is 4.90 Å². The van der Waals surface area contributed by atoms with Crippen LogP contribution in [-0.2, 0) is 6.54 Å². The Balaban J connectivity index is 1.71. The Bertz CT molecular complexity index is 483. The molecule has 20 heavy (non-hydrogen) atoms. The third kappa shape index (κ3) is 2.75. The lowest BCUT2D eigenvalue weighted by atomic mass is 9.80. The molecule has 2 aliphatic rings. The first-order valence-electron chi connectivity index (χ1n) is 7.53. The van der Waals surface area contributed by atoms with Crippen molar-refractivity contribution in [3.63, 3.8) is 0 Å². The van der Waals surface area contributed by atoms with Crippen LogP contribution in [0.15, 0.2) is 18.2 Å². The van der Waals surface area contributed by atoms with Gasteiger partial charge < -0.3 is 10.0 Å². The van der Waals surface area contributed by atoms with Gasteiger partial charge in [-0.15, -0.1) is 0 Å². The first kappa shape index (κ1) is 14.0. The highest BCUT2D eigenvalue weighted by Gasteiger charge is 2.35. The Morgan fingerprint density at radius 2 is 2.00 bits per heavy atom. The molecule has 0 amide bonds. The molecular formula is C15H21BFNO2. The first-order chi connectivity index (χ1) is 9.65. The van der Waals surface area contributed by atoms with Gasteiger partial charge in [0.25, 0.3) is 0 Å². The fourth-order valence-electron chi connectivity index (χ4n) is 3.77. The van der Waals surface area contributed by atoms with Crippen molar-refractivity contribution in [2.45, 2.75) is 44.7 Å². The number of rotatable bonds is 3. The van der Waals surface area contributed by atoms with Crippen LogP contribution in [0.2, 0.25) is 0 Å². The predicted molar refractivity (Wildman–Crippen MR) is 77.0 cm³/mol. The molecule has 3 rings (SSSR count). The molecule has 0 bridgehead atoms. The van der Waals surface area contributed by atoms with E-state index < -0.39 is 7.12 Å². The van der Waals surface area contributed by atoms with E-state index in [4.69, 9.17) is 10.0 Å². The second kappa shape index (κ2) is 5.84. The summed E-state index contributed by atoms with van der Waals surface area (Å²) in [6.45, 7) is 1.69. The molecular weight excluding hydrogens is 256 g/mol. The van der Waals surface area contributed by atoms with Crippen LogP contribution in [0.25, 0.3) is 0 Å². The number of benzene rings is 1. The van der Waals surface area contributed by atoms with E-state index in [0.29, 0.717) is 18.2 Å². The van der Waals surface area contributed by atoms with Crippen LogP contribution in [0.1, 0.15) is 37.7 Å². The maximum Gasteiger partial charge on any atom is 0.488 e. The lowest BCUT2D eigenvalue weighted by molar-refractivity contribution is 0.174. The van der Waals surface area contributed by atoms with Gasteiger partial charge in [0.1, 0.15) is 5.82 Å². The van der Waals surface area contributed by atoms with Crippen molar-refractivity contribution in [3.05, 3.63) is 29.6 Å². The standard InChI is InChI=1S/C15H21BFNO2/c17-14-9-13(16(19)20)6-5-12(14)10-18-8-7-11-3-1-2-4-15(11)18/h5-6,9,11,15,19-20H,1-4,7-8,10H2. The molecule has 0 radical (unpaired) electrons. The largest absolute Gasteiger partial charge is 0.488 e. The van der Waals surface area contributed by atoms with Crippen molar-refractivity contribution in [2.75, 3.05) is 6.54 Å². The molecule has 1 saturated carbocycles. The van der Waals surface area contributed by atoms with Crippen molar-refractivity contribution in [1.29, 1.82) is 0 Å². The van der Waals surface area contributed by atoms with Gasteiger partial charge in [-0.05, 0) is 43.3 Å². The Kier molecular flexibility index (Phi) is 4.10. The summed E-state index contributed by atoms with van der Waals surface area (Å²) in [5.41, 5.74) is 0.865. The van der Waals surface area contributed by atoms with Crippen molar-refractivity contribution < 1.29 is 14.4 Å². The van der Waals surface area contributed by atoms with Crippen molar-refractivity contribution >= 4 is 12.6 Å². The molecule has 1 aliphatic heterocycles. The Morgan fingerprint density at radius 1 is 1.20 bits per heavy atom. The van der Waals surface area contributed by atoms with E-state index in [1.807, 2.05) is 0 Å². The van der Waals surface area contributed by atoms with Crippen LogP contribution < -0.4 is 5.46 Å². The van der Waals surface area contributed by atoms with Gasteiger partial charge in [-0.25, -0.2) is 4.39 Å². The van der Waals surface area contributed by atoms with Gasteiger partial charge in [0, 0.05) is 18.2 Å². The third-order valence-electron chi connectivity index (χ3n) is 4.87. The summed E-state index contributed by atoms with van der Waals surface area (Å²) < 4.78 is 14.0. The van der Waals surface area contributed by atoms with Crippen LogP contribution in [0.3, 0.4) is 0 Å². The van der Waals surface area contributed by atoms with Gasteiger partial charge in [0.2, 0.25) is 0 Å². The molecule has 0 spiro atoms. The Labute approximate surface area is 119 Å². The summed E-state index contributed by atoms with van der Waals surface area (Å²) in [5, 5.41) is 18.1. The zero-order valence-corrected chi connectivity index (χ0v) is 11.6. The average molecular weight is 277 g/mol. The minimum absolute atomic E-state index is 0.211. The maximum absolute atomic E-state index is 14.0. The van der Waals surface area contributed by atoms with Crippen molar-refractivity contribution in [3.8, 4) is 0 Å². The van der Waals surface area contributed by atoms with Crippen LogP contribution in [0, 0.1) is 11.7 Å². The van der Waals surface area contributed by atoms with E-state index in [-0.39, 0.29) is 11.3 Å². The summed E-state index contributed by atoms with van der Waals surface area (Å²) in [7, 11) is -1.60. The summed E-state index contributed by atoms with van der Waals surface area (Å²) in [6, 6.07) is 5.12. The zero-order chi connectivity index (χ0) is 14.1. The fourth-order valence-corrected chi connectivity index (χ4v) is 3.77. The molecule has 1 aliphatic carbocycles. The van der Waals surface area contributed by atoms with E-state index in [0.717, 1.165) is 12.5 Å². The van der Waals surface area contributed by atoms with Crippen molar-refractivity contribution in [1.82, 2.24) is 4.90 Å². The molecule has 2 fully saturated rings. The molecule has 3 nitrogen and oxygen atoms in total. The molecule has 5 heteroatoms. The highest BCUT2D eigenvalue weighted by Crippen LogP contribution is 2.36. The van der Waals surface area contributed by atoms with E-state index >= 15 is 0 Å². The van der Waals surface area contributed by atoms with Crippen LogP contribution >= 0.6 is 0 Å². The number of halogens is 1. The first-order valence-corrected chi connectivity index (χ1v) is 7.53. The lowest BCUT2D eigenvalue weighted by Crippen LogP contribution is -2.35. The smallest absolute Gasteiger partial charge is 0.423 e. The van der Waals surface area contributed by atoms with Crippen LogP contribution in [0.5, 0.6) is 0 Å². The van der Waals surface area contributed by atoms with Gasteiger partial charge in [-0.3, -0.25) is 4.90 Å². The van der Waals surface area contributed by atoms with E-state index in [1.54, 1.807) is 12.1 Å². The van der Waals surface area contributed by atoms with Gasteiger partial charge in [0.15, 0.2) is 0 Å². The highest BCUT2D eigenvalue weighted by molar-refractivity contribution is 6.58. The average Bonchev–Trinajstić information content (AvgIpc) is 2.84. The second-order valence-electron chi connectivity index (χ2n) is 6.10. The molecule has 1 heterocycles. The number of hydrogen-bond donors (Lipinski definition) is 2. The number of likely N-dealkylation sites (tertiary alicyclic amines) is 1. The number of fused-ring (bicyclic) bond motifs is 1. The van der Waals surface area contributed by atoms with Gasteiger partial charge in [0.05, 0.1) is 0 Å².